The molecule has 1 N–H and O–H groups in total. The van der Waals surface area contributed by atoms with Crippen LogP contribution in [0.1, 0.15) is 5.56 Å². The molecule has 0 amide bonds. The second-order valence-corrected chi connectivity index (χ2v) is 3.59. The first-order valence-corrected chi connectivity index (χ1v) is 5.56. The van der Waals surface area contributed by atoms with Gasteiger partial charge in [0.05, 0.1) is 13.2 Å². The molecule has 0 saturated carbocycles. The highest BCUT2D eigenvalue weighted by Gasteiger charge is 2.02. The molecule has 16 heavy (non-hydrogen) atoms. The standard InChI is InChI=1S/C11H14ClF2NO/c12-3-5-16-6-4-15-8-9-1-2-10(13)7-11(9)14/h1-2,7,15H,3-6,8H2. The molecule has 0 aliphatic carbocycles. The fraction of sp³-hybridized carbons (Fsp3) is 0.455. The molecule has 90 valence electrons. The monoisotopic (exact) mass is 249 g/mol. The summed E-state index contributed by atoms with van der Waals surface area (Å²) in [6, 6.07) is 3.54. The molecule has 0 heterocycles. The fourth-order valence-electron chi connectivity index (χ4n) is 1.19. The van der Waals surface area contributed by atoms with Gasteiger partial charge in [0.25, 0.3) is 0 Å². The number of alkyl halides is 1. The maximum Gasteiger partial charge on any atom is 0.130 e. The van der Waals surface area contributed by atoms with Crippen molar-refractivity contribution >= 4 is 11.6 Å². The molecule has 0 aliphatic rings. The van der Waals surface area contributed by atoms with Crippen LogP contribution in [0.4, 0.5) is 8.78 Å². The van der Waals surface area contributed by atoms with Crippen molar-refractivity contribution in [2.75, 3.05) is 25.6 Å². The summed E-state index contributed by atoms with van der Waals surface area (Å²) in [5.41, 5.74) is 0.443. The fourth-order valence-corrected chi connectivity index (χ4v) is 1.30. The minimum atomic E-state index is -0.563. The number of benzene rings is 1. The van der Waals surface area contributed by atoms with Crippen molar-refractivity contribution in [3.63, 3.8) is 0 Å². The Morgan fingerprint density at radius 2 is 2.06 bits per heavy atom. The van der Waals surface area contributed by atoms with E-state index in [4.69, 9.17) is 16.3 Å². The summed E-state index contributed by atoms with van der Waals surface area (Å²) in [5.74, 6) is -0.632. The Bertz CT molecular complexity index is 323. The van der Waals surface area contributed by atoms with E-state index in [1.807, 2.05) is 0 Å². The third-order valence-electron chi connectivity index (χ3n) is 1.98. The van der Waals surface area contributed by atoms with Crippen LogP contribution < -0.4 is 5.32 Å². The summed E-state index contributed by atoms with van der Waals surface area (Å²) < 4.78 is 30.9. The predicted octanol–water partition coefficient (Wildman–Crippen LogP) is 2.31. The molecule has 0 radical (unpaired) electrons. The molecule has 0 bridgehead atoms. The molecule has 0 aliphatic heterocycles. The minimum absolute atomic E-state index is 0.357. The van der Waals surface area contributed by atoms with Crippen LogP contribution in [-0.4, -0.2) is 25.6 Å². The van der Waals surface area contributed by atoms with E-state index in [2.05, 4.69) is 5.32 Å². The van der Waals surface area contributed by atoms with E-state index < -0.39 is 11.6 Å². The quantitative estimate of drug-likeness (QED) is 0.592. The molecule has 2 nitrogen and oxygen atoms in total. The van der Waals surface area contributed by atoms with Crippen molar-refractivity contribution in [2.45, 2.75) is 6.54 Å². The van der Waals surface area contributed by atoms with Crippen LogP contribution in [0, 0.1) is 11.6 Å². The lowest BCUT2D eigenvalue weighted by Crippen LogP contribution is -2.20. The number of hydrogen-bond donors (Lipinski definition) is 1. The first-order chi connectivity index (χ1) is 7.74. The molecule has 0 saturated heterocycles. The van der Waals surface area contributed by atoms with Crippen molar-refractivity contribution < 1.29 is 13.5 Å². The third-order valence-corrected chi connectivity index (χ3v) is 2.13. The molecule has 0 aromatic heterocycles. The smallest absolute Gasteiger partial charge is 0.130 e. The highest BCUT2D eigenvalue weighted by atomic mass is 35.5. The Morgan fingerprint density at radius 3 is 2.75 bits per heavy atom. The maximum absolute atomic E-state index is 13.2. The van der Waals surface area contributed by atoms with Crippen LogP contribution in [0.15, 0.2) is 18.2 Å². The van der Waals surface area contributed by atoms with Gasteiger partial charge in [-0.25, -0.2) is 8.78 Å². The minimum Gasteiger partial charge on any atom is -0.379 e. The number of halogens is 3. The SMILES string of the molecule is Fc1ccc(CNCCOCCCl)c(F)c1. The van der Waals surface area contributed by atoms with Gasteiger partial charge in [-0.3, -0.25) is 0 Å². The Hall–Kier alpha value is -0.710. The first kappa shape index (κ1) is 13.4. The lowest BCUT2D eigenvalue weighted by atomic mass is 10.2. The Balaban J connectivity index is 2.21. The van der Waals surface area contributed by atoms with Gasteiger partial charge >= 0.3 is 0 Å². The number of hydrogen-bond acceptors (Lipinski definition) is 2. The van der Waals surface area contributed by atoms with Crippen molar-refractivity contribution in [1.29, 1.82) is 0 Å². The van der Waals surface area contributed by atoms with Gasteiger partial charge in [0.2, 0.25) is 0 Å². The first-order valence-electron chi connectivity index (χ1n) is 5.02. The van der Waals surface area contributed by atoms with Crippen LogP contribution in [0.25, 0.3) is 0 Å². The lowest BCUT2D eigenvalue weighted by molar-refractivity contribution is 0.150. The molecular formula is C11H14ClF2NO. The largest absolute Gasteiger partial charge is 0.379 e. The average molecular weight is 250 g/mol. The van der Waals surface area contributed by atoms with Gasteiger partial charge < -0.3 is 10.1 Å². The van der Waals surface area contributed by atoms with Crippen molar-refractivity contribution in [3.05, 3.63) is 35.4 Å². The highest BCUT2D eigenvalue weighted by Crippen LogP contribution is 2.08. The molecule has 1 aromatic carbocycles. The molecule has 0 atom stereocenters. The van der Waals surface area contributed by atoms with Gasteiger partial charge in [-0.2, -0.15) is 0 Å². The van der Waals surface area contributed by atoms with Gasteiger partial charge in [0.1, 0.15) is 11.6 Å². The third kappa shape index (κ3) is 4.88. The molecule has 1 aromatic rings. The van der Waals surface area contributed by atoms with Crippen LogP contribution in [0.2, 0.25) is 0 Å². The molecular weight excluding hydrogens is 236 g/mol. The number of nitrogens with one attached hydrogen (secondary N) is 1. The van der Waals surface area contributed by atoms with E-state index in [1.54, 1.807) is 0 Å². The maximum atomic E-state index is 13.2. The lowest BCUT2D eigenvalue weighted by Gasteiger charge is -2.06. The van der Waals surface area contributed by atoms with Crippen molar-refractivity contribution in [2.24, 2.45) is 0 Å². The van der Waals surface area contributed by atoms with Crippen LogP contribution >= 0.6 is 11.6 Å². The van der Waals surface area contributed by atoms with Gasteiger partial charge in [0, 0.05) is 30.6 Å². The average Bonchev–Trinajstić information content (AvgIpc) is 2.26. The van der Waals surface area contributed by atoms with Crippen LogP contribution in [0.3, 0.4) is 0 Å². The summed E-state index contributed by atoms with van der Waals surface area (Å²) in [6.45, 7) is 1.99. The van der Waals surface area contributed by atoms with Crippen molar-refractivity contribution in [1.82, 2.24) is 5.32 Å². The summed E-state index contributed by atoms with van der Waals surface area (Å²) >= 11 is 5.42. The number of ether oxygens (including phenoxy) is 1. The Kier molecular flexibility index (Phi) is 6.30. The van der Waals surface area contributed by atoms with Gasteiger partial charge in [-0.1, -0.05) is 6.07 Å². The zero-order chi connectivity index (χ0) is 11.8. The van der Waals surface area contributed by atoms with E-state index in [9.17, 15) is 8.78 Å². The number of rotatable bonds is 7. The van der Waals surface area contributed by atoms with Gasteiger partial charge in [-0.05, 0) is 6.07 Å². The summed E-state index contributed by atoms with van der Waals surface area (Å²) in [6.07, 6.45) is 0. The van der Waals surface area contributed by atoms with Crippen LogP contribution in [-0.2, 0) is 11.3 Å². The summed E-state index contributed by atoms with van der Waals surface area (Å²) in [5, 5.41) is 2.99. The van der Waals surface area contributed by atoms with Crippen molar-refractivity contribution in [3.8, 4) is 0 Å². The normalized spacial score (nSPS) is 10.7. The molecule has 5 heteroatoms. The summed E-state index contributed by atoms with van der Waals surface area (Å²) in [4.78, 5) is 0. The predicted molar refractivity (Wildman–Crippen MR) is 59.6 cm³/mol. The van der Waals surface area contributed by atoms with E-state index in [0.29, 0.717) is 37.7 Å². The van der Waals surface area contributed by atoms with E-state index in [-0.39, 0.29) is 0 Å². The molecule has 1 rings (SSSR count). The van der Waals surface area contributed by atoms with E-state index in [1.165, 1.54) is 12.1 Å². The Morgan fingerprint density at radius 1 is 1.25 bits per heavy atom. The zero-order valence-corrected chi connectivity index (χ0v) is 9.57. The highest BCUT2D eigenvalue weighted by molar-refractivity contribution is 6.17. The Labute approximate surface area is 98.6 Å². The molecule has 0 unspecified atom stereocenters. The van der Waals surface area contributed by atoms with Gasteiger partial charge in [-0.15, -0.1) is 11.6 Å². The van der Waals surface area contributed by atoms with E-state index in [0.717, 1.165) is 6.07 Å². The van der Waals surface area contributed by atoms with Gasteiger partial charge in [0.15, 0.2) is 0 Å². The molecule has 0 spiro atoms. The zero-order valence-electron chi connectivity index (χ0n) is 8.81. The second kappa shape index (κ2) is 7.54. The summed E-state index contributed by atoms with van der Waals surface area (Å²) in [7, 11) is 0. The van der Waals surface area contributed by atoms with Crippen LogP contribution in [0.5, 0.6) is 0 Å². The molecule has 0 fully saturated rings. The topological polar surface area (TPSA) is 21.3 Å². The van der Waals surface area contributed by atoms with E-state index >= 15 is 0 Å². The second-order valence-electron chi connectivity index (χ2n) is 3.21.